The minimum atomic E-state index is -0.194. The molecule has 1 aliphatic rings. The fourth-order valence-electron chi connectivity index (χ4n) is 1.43. The largest absolute Gasteiger partial charge is 0.393 e. The summed E-state index contributed by atoms with van der Waals surface area (Å²) in [7, 11) is 0. The van der Waals surface area contributed by atoms with Crippen molar-refractivity contribution >= 4 is 6.21 Å². The Kier molecular flexibility index (Phi) is 3.48. The van der Waals surface area contributed by atoms with Gasteiger partial charge in [0.25, 0.3) is 0 Å². The van der Waals surface area contributed by atoms with Gasteiger partial charge in [-0.2, -0.15) is 0 Å². The van der Waals surface area contributed by atoms with Gasteiger partial charge in [0.1, 0.15) is 0 Å². The van der Waals surface area contributed by atoms with E-state index in [1.165, 1.54) is 5.57 Å². The average Bonchev–Trinajstić information content (AvgIpc) is 2.37. The molecule has 1 atom stereocenters. The Morgan fingerprint density at radius 1 is 1.58 bits per heavy atom. The zero-order valence-electron chi connectivity index (χ0n) is 7.83. The molecule has 1 aliphatic heterocycles. The van der Waals surface area contributed by atoms with E-state index in [-0.39, 0.29) is 6.10 Å². The van der Waals surface area contributed by atoms with Gasteiger partial charge in [0.2, 0.25) is 0 Å². The molecule has 2 heteroatoms. The van der Waals surface area contributed by atoms with Crippen molar-refractivity contribution in [2.24, 2.45) is 10.9 Å². The quantitative estimate of drug-likeness (QED) is 0.680. The second kappa shape index (κ2) is 4.41. The molecule has 0 radical (unpaired) electrons. The predicted octanol–water partition coefficient (Wildman–Crippen LogP) is 1.79. The topological polar surface area (TPSA) is 32.6 Å². The third kappa shape index (κ3) is 3.18. The van der Waals surface area contributed by atoms with Crippen molar-refractivity contribution in [2.45, 2.75) is 32.8 Å². The van der Waals surface area contributed by atoms with Crippen LogP contribution in [0.25, 0.3) is 0 Å². The summed E-state index contributed by atoms with van der Waals surface area (Å²) in [5.74, 6) is 0.568. The molecule has 1 N–H and O–H groups in total. The maximum absolute atomic E-state index is 9.58. The highest BCUT2D eigenvalue weighted by Crippen LogP contribution is 2.13. The molecule has 0 fully saturated rings. The van der Waals surface area contributed by atoms with Gasteiger partial charge < -0.3 is 5.11 Å². The normalized spacial score (nSPS) is 18.5. The molecular formula is C10H17NO. The summed E-state index contributed by atoms with van der Waals surface area (Å²) in [5, 5.41) is 9.58. The van der Waals surface area contributed by atoms with Crippen molar-refractivity contribution < 1.29 is 5.11 Å². The van der Waals surface area contributed by atoms with E-state index in [2.05, 4.69) is 24.9 Å². The molecule has 2 nitrogen and oxygen atoms in total. The van der Waals surface area contributed by atoms with Crippen LogP contribution in [0.3, 0.4) is 0 Å². The Balaban J connectivity index is 2.26. The van der Waals surface area contributed by atoms with Crippen LogP contribution < -0.4 is 0 Å². The highest BCUT2D eigenvalue weighted by atomic mass is 16.3. The van der Waals surface area contributed by atoms with E-state index in [1.54, 1.807) is 0 Å². The highest BCUT2D eigenvalue weighted by molar-refractivity contribution is 5.80. The standard InChI is InChI=1S/C10H17NO/c1-8(2)5-10(12)6-9-3-4-11-7-9/h3,7-8,10,12H,4-6H2,1-2H3. The lowest BCUT2D eigenvalue weighted by molar-refractivity contribution is 0.150. The first-order valence-corrected chi connectivity index (χ1v) is 4.55. The fraction of sp³-hybridized carbons (Fsp3) is 0.700. The average molecular weight is 167 g/mol. The second-order valence-corrected chi connectivity index (χ2v) is 3.76. The Bertz CT molecular complexity index is 194. The van der Waals surface area contributed by atoms with Crippen LogP contribution in [0.4, 0.5) is 0 Å². The molecule has 0 bridgehead atoms. The monoisotopic (exact) mass is 167 g/mol. The van der Waals surface area contributed by atoms with Gasteiger partial charge in [-0.05, 0) is 24.3 Å². The molecule has 1 unspecified atom stereocenters. The number of aliphatic hydroxyl groups excluding tert-OH is 1. The molecule has 0 aromatic carbocycles. The zero-order valence-corrected chi connectivity index (χ0v) is 7.83. The van der Waals surface area contributed by atoms with Crippen molar-refractivity contribution in [3.05, 3.63) is 11.6 Å². The number of rotatable bonds is 4. The maximum atomic E-state index is 9.58. The lowest BCUT2D eigenvalue weighted by atomic mass is 10.0. The van der Waals surface area contributed by atoms with Crippen LogP contribution in [-0.2, 0) is 0 Å². The first kappa shape index (κ1) is 9.46. The third-order valence-electron chi connectivity index (χ3n) is 1.93. The van der Waals surface area contributed by atoms with Gasteiger partial charge in [0.15, 0.2) is 0 Å². The van der Waals surface area contributed by atoms with Crippen LogP contribution in [0.1, 0.15) is 26.7 Å². The van der Waals surface area contributed by atoms with E-state index in [1.807, 2.05) is 6.21 Å². The lowest BCUT2D eigenvalue weighted by Gasteiger charge is -2.11. The Labute approximate surface area is 74.0 Å². The molecule has 0 amide bonds. The van der Waals surface area contributed by atoms with E-state index in [0.29, 0.717) is 5.92 Å². The molecular weight excluding hydrogens is 150 g/mol. The Morgan fingerprint density at radius 2 is 2.33 bits per heavy atom. The predicted molar refractivity (Wildman–Crippen MR) is 51.5 cm³/mol. The van der Waals surface area contributed by atoms with Gasteiger partial charge in [-0.25, -0.2) is 0 Å². The highest BCUT2D eigenvalue weighted by Gasteiger charge is 2.09. The third-order valence-corrected chi connectivity index (χ3v) is 1.93. The van der Waals surface area contributed by atoms with Crippen molar-refractivity contribution in [3.8, 4) is 0 Å². The summed E-state index contributed by atoms with van der Waals surface area (Å²) in [6.45, 7) is 5.05. The summed E-state index contributed by atoms with van der Waals surface area (Å²) in [4.78, 5) is 4.07. The van der Waals surface area contributed by atoms with Crippen molar-refractivity contribution in [1.82, 2.24) is 0 Å². The molecule has 0 aliphatic carbocycles. The molecule has 0 aromatic rings. The first-order valence-electron chi connectivity index (χ1n) is 4.55. The van der Waals surface area contributed by atoms with Gasteiger partial charge in [-0.1, -0.05) is 19.9 Å². The number of hydrogen-bond acceptors (Lipinski definition) is 2. The van der Waals surface area contributed by atoms with Crippen molar-refractivity contribution in [2.75, 3.05) is 6.54 Å². The number of aliphatic hydroxyl groups is 1. The molecule has 1 heterocycles. The van der Waals surface area contributed by atoms with Crippen LogP contribution in [0.2, 0.25) is 0 Å². The van der Waals surface area contributed by atoms with Crippen LogP contribution in [0, 0.1) is 5.92 Å². The zero-order chi connectivity index (χ0) is 8.97. The van der Waals surface area contributed by atoms with E-state index in [4.69, 9.17) is 0 Å². The Hall–Kier alpha value is -0.630. The van der Waals surface area contributed by atoms with Gasteiger partial charge in [0.05, 0.1) is 12.6 Å². The smallest absolute Gasteiger partial charge is 0.0583 e. The maximum Gasteiger partial charge on any atom is 0.0583 e. The van der Waals surface area contributed by atoms with E-state index in [0.717, 1.165) is 19.4 Å². The van der Waals surface area contributed by atoms with Gasteiger partial charge in [0, 0.05) is 6.21 Å². The summed E-state index contributed by atoms with van der Waals surface area (Å²) >= 11 is 0. The second-order valence-electron chi connectivity index (χ2n) is 3.76. The number of nitrogens with zero attached hydrogens (tertiary/aromatic N) is 1. The van der Waals surface area contributed by atoms with Crippen LogP contribution >= 0.6 is 0 Å². The van der Waals surface area contributed by atoms with Crippen LogP contribution in [0.5, 0.6) is 0 Å². The molecule has 68 valence electrons. The molecule has 0 spiro atoms. The minimum Gasteiger partial charge on any atom is -0.393 e. The summed E-state index contributed by atoms with van der Waals surface area (Å²) in [5.41, 5.74) is 1.18. The summed E-state index contributed by atoms with van der Waals surface area (Å²) < 4.78 is 0. The van der Waals surface area contributed by atoms with Gasteiger partial charge >= 0.3 is 0 Å². The van der Waals surface area contributed by atoms with Gasteiger partial charge in [-0.15, -0.1) is 0 Å². The van der Waals surface area contributed by atoms with E-state index >= 15 is 0 Å². The first-order chi connectivity index (χ1) is 5.68. The Morgan fingerprint density at radius 3 is 2.83 bits per heavy atom. The lowest BCUT2D eigenvalue weighted by Crippen LogP contribution is -2.10. The van der Waals surface area contributed by atoms with E-state index < -0.39 is 0 Å². The molecule has 0 saturated carbocycles. The molecule has 0 saturated heterocycles. The SMILES string of the molecule is CC(C)CC(O)CC1=CCN=C1. The number of hydrogen-bond donors (Lipinski definition) is 1. The van der Waals surface area contributed by atoms with Crippen molar-refractivity contribution in [3.63, 3.8) is 0 Å². The summed E-state index contributed by atoms with van der Waals surface area (Å²) in [6, 6.07) is 0. The van der Waals surface area contributed by atoms with Crippen LogP contribution in [0.15, 0.2) is 16.6 Å². The fourth-order valence-corrected chi connectivity index (χ4v) is 1.43. The molecule has 1 rings (SSSR count). The van der Waals surface area contributed by atoms with E-state index in [9.17, 15) is 5.11 Å². The number of aliphatic imine (C=N–C) groups is 1. The molecule has 0 aromatic heterocycles. The molecule has 12 heavy (non-hydrogen) atoms. The minimum absolute atomic E-state index is 0.194. The summed E-state index contributed by atoms with van der Waals surface area (Å²) in [6.07, 6.45) is 5.39. The van der Waals surface area contributed by atoms with Gasteiger partial charge in [-0.3, -0.25) is 4.99 Å². The van der Waals surface area contributed by atoms with Crippen LogP contribution in [-0.4, -0.2) is 24.0 Å². The van der Waals surface area contributed by atoms with Crippen molar-refractivity contribution in [1.29, 1.82) is 0 Å².